The topological polar surface area (TPSA) is 66.6 Å². The fraction of sp³-hybridized carbons (Fsp3) is 0.300. The van der Waals surface area contributed by atoms with Gasteiger partial charge in [-0.1, -0.05) is 17.9 Å². The lowest BCUT2D eigenvalue weighted by Gasteiger charge is -2.13. The number of thiophene rings is 1. The fourth-order valence-electron chi connectivity index (χ4n) is 3.16. The average Bonchev–Trinajstić information content (AvgIpc) is 3.16. The highest BCUT2D eigenvalue weighted by atomic mass is 32.1. The Labute approximate surface area is 155 Å². The van der Waals surface area contributed by atoms with Crippen LogP contribution in [0.25, 0.3) is 5.65 Å². The summed E-state index contributed by atoms with van der Waals surface area (Å²) in [6.45, 7) is 3.77. The van der Waals surface area contributed by atoms with Gasteiger partial charge in [0.1, 0.15) is 11.2 Å². The van der Waals surface area contributed by atoms with Gasteiger partial charge in [-0.2, -0.15) is 0 Å². The summed E-state index contributed by atoms with van der Waals surface area (Å²) in [5, 5.41) is 12.7. The zero-order valence-corrected chi connectivity index (χ0v) is 15.4. The second kappa shape index (κ2) is 6.27. The standard InChI is InChI=1S/C20H19N3O2S/c1-20(2,25)9-8-13-6-7-16(26-13)14-11-18(24)21-12-15-19(14)23-10-4-3-5-17(23)22-15/h3-7,10,14,25H,11-12H2,1-2H3,(H,21,24)/t14-/m0/s1. The van der Waals surface area contributed by atoms with Crippen molar-refractivity contribution in [2.75, 3.05) is 0 Å². The SMILES string of the molecule is CC(C)(O)C#Cc1ccc([C@@H]2CC(=O)NCc3nc4ccccn4c32)s1. The minimum absolute atomic E-state index is 0.0233. The maximum absolute atomic E-state index is 12.2. The zero-order chi connectivity index (χ0) is 18.3. The maximum atomic E-state index is 12.2. The van der Waals surface area contributed by atoms with E-state index in [9.17, 15) is 9.90 Å². The molecule has 0 unspecified atom stereocenters. The van der Waals surface area contributed by atoms with E-state index in [0.29, 0.717) is 13.0 Å². The molecule has 0 bridgehead atoms. The number of fused-ring (bicyclic) bond motifs is 3. The number of nitrogens with zero attached hydrogens (tertiary/aromatic N) is 2. The molecule has 5 nitrogen and oxygen atoms in total. The van der Waals surface area contributed by atoms with Gasteiger partial charge in [-0.05, 0) is 38.1 Å². The lowest BCUT2D eigenvalue weighted by Crippen LogP contribution is -2.21. The van der Waals surface area contributed by atoms with Crippen molar-refractivity contribution in [2.45, 2.75) is 38.3 Å². The van der Waals surface area contributed by atoms with Crippen molar-refractivity contribution in [2.24, 2.45) is 0 Å². The Morgan fingerprint density at radius 3 is 3.00 bits per heavy atom. The van der Waals surface area contributed by atoms with Crippen molar-refractivity contribution >= 4 is 22.9 Å². The van der Waals surface area contributed by atoms with Crippen LogP contribution in [0.15, 0.2) is 36.5 Å². The molecule has 0 saturated carbocycles. The summed E-state index contributed by atoms with van der Waals surface area (Å²) in [7, 11) is 0. The van der Waals surface area contributed by atoms with E-state index >= 15 is 0 Å². The molecule has 1 aliphatic heterocycles. The monoisotopic (exact) mass is 365 g/mol. The summed E-state index contributed by atoms with van der Waals surface area (Å²) in [6.07, 6.45) is 2.38. The highest BCUT2D eigenvalue weighted by Crippen LogP contribution is 2.36. The first kappa shape index (κ1) is 16.8. The van der Waals surface area contributed by atoms with Crippen LogP contribution in [0.3, 0.4) is 0 Å². The Morgan fingerprint density at radius 2 is 2.19 bits per heavy atom. The molecule has 4 rings (SSSR count). The molecule has 3 aromatic rings. The van der Waals surface area contributed by atoms with Gasteiger partial charge in [0.25, 0.3) is 0 Å². The van der Waals surface area contributed by atoms with Crippen molar-refractivity contribution in [3.05, 3.63) is 57.7 Å². The molecule has 132 valence electrons. The third-order valence-corrected chi connectivity index (χ3v) is 5.39. The van der Waals surface area contributed by atoms with Crippen molar-refractivity contribution in [1.29, 1.82) is 0 Å². The first-order valence-electron chi connectivity index (χ1n) is 8.48. The third-order valence-electron chi connectivity index (χ3n) is 4.28. The number of pyridine rings is 1. The van der Waals surface area contributed by atoms with E-state index in [2.05, 4.69) is 21.6 Å². The summed E-state index contributed by atoms with van der Waals surface area (Å²) in [5.74, 6) is 5.82. The van der Waals surface area contributed by atoms with E-state index in [1.54, 1.807) is 25.2 Å². The summed E-state index contributed by atoms with van der Waals surface area (Å²) in [4.78, 5) is 18.9. The van der Waals surface area contributed by atoms with Crippen LogP contribution in [-0.2, 0) is 11.3 Å². The van der Waals surface area contributed by atoms with E-state index in [1.165, 1.54) is 0 Å². The quantitative estimate of drug-likeness (QED) is 0.652. The van der Waals surface area contributed by atoms with Gasteiger partial charge >= 0.3 is 0 Å². The maximum Gasteiger partial charge on any atom is 0.221 e. The third kappa shape index (κ3) is 3.24. The van der Waals surface area contributed by atoms with Crippen LogP contribution in [-0.4, -0.2) is 26.0 Å². The van der Waals surface area contributed by atoms with Gasteiger partial charge in [0, 0.05) is 23.4 Å². The molecule has 2 N–H and O–H groups in total. The van der Waals surface area contributed by atoms with Gasteiger partial charge in [-0.25, -0.2) is 4.98 Å². The van der Waals surface area contributed by atoms with Crippen molar-refractivity contribution in [3.8, 4) is 11.8 Å². The molecule has 0 spiro atoms. The highest BCUT2D eigenvalue weighted by Gasteiger charge is 2.29. The first-order chi connectivity index (χ1) is 12.4. The van der Waals surface area contributed by atoms with Gasteiger partial charge in [-0.3, -0.25) is 4.79 Å². The minimum Gasteiger partial charge on any atom is -0.378 e. The van der Waals surface area contributed by atoms with Crippen molar-refractivity contribution in [1.82, 2.24) is 14.7 Å². The van der Waals surface area contributed by atoms with Crippen LogP contribution < -0.4 is 5.32 Å². The molecule has 0 saturated heterocycles. The Kier molecular flexibility index (Phi) is 4.06. The van der Waals surface area contributed by atoms with Crippen LogP contribution in [0, 0.1) is 11.8 Å². The Morgan fingerprint density at radius 1 is 1.35 bits per heavy atom. The number of rotatable bonds is 1. The van der Waals surface area contributed by atoms with Crippen LogP contribution in [0.2, 0.25) is 0 Å². The van der Waals surface area contributed by atoms with Crippen LogP contribution in [0.4, 0.5) is 0 Å². The Hall–Kier alpha value is -2.62. The molecular formula is C20H19N3O2S. The highest BCUT2D eigenvalue weighted by molar-refractivity contribution is 7.12. The van der Waals surface area contributed by atoms with Gasteiger partial charge in [0.2, 0.25) is 5.91 Å². The number of carbonyl (C=O) groups is 1. The number of aliphatic hydroxyl groups is 1. The average molecular weight is 365 g/mol. The number of hydrogen-bond donors (Lipinski definition) is 2. The van der Waals surface area contributed by atoms with Crippen LogP contribution in [0.5, 0.6) is 0 Å². The van der Waals surface area contributed by atoms with Gasteiger partial charge in [-0.15, -0.1) is 11.3 Å². The molecular weight excluding hydrogens is 346 g/mol. The lowest BCUT2D eigenvalue weighted by atomic mass is 9.98. The molecule has 0 aliphatic carbocycles. The summed E-state index contributed by atoms with van der Waals surface area (Å²) >= 11 is 1.56. The largest absolute Gasteiger partial charge is 0.378 e. The molecule has 4 heterocycles. The molecule has 0 fully saturated rings. The van der Waals surface area contributed by atoms with Crippen molar-refractivity contribution < 1.29 is 9.90 Å². The zero-order valence-electron chi connectivity index (χ0n) is 14.6. The molecule has 0 aromatic carbocycles. The van der Waals surface area contributed by atoms with Gasteiger partial charge < -0.3 is 14.8 Å². The fourth-order valence-corrected chi connectivity index (χ4v) is 4.12. The van der Waals surface area contributed by atoms with E-state index in [-0.39, 0.29) is 11.8 Å². The molecule has 0 radical (unpaired) electrons. The number of hydrogen-bond acceptors (Lipinski definition) is 4. The van der Waals surface area contributed by atoms with E-state index in [4.69, 9.17) is 4.98 Å². The lowest BCUT2D eigenvalue weighted by molar-refractivity contribution is -0.121. The summed E-state index contributed by atoms with van der Waals surface area (Å²) in [6, 6.07) is 9.88. The molecule has 26 heavy (non-hydrogen) atoms. The van der Waals surface area contributed by atoms with E-state index in [0.717, 1.165) is 26.8 Å². The predicted molar refractivity (Wildman–Crippen MR) is 101 cm³/mol. The molecule has 6 heteroatoms. The first-order valence-corrected chi connectivity index (χ1v) is 9.30. The molecule has 1 amide bonds. The number of imidazole rings is 1. The number of carbonyl (C=O) groups excluding carboxylic acids is 1. The number of amides is 1. The summed E-state index contributed by atoms with van der Waals surface area (Å²) in [5.41, 5.74) is 1.82. The van der Waals surface area contributed by atoms with E-state index < -0.39 is 5.60 Å². The summed E-state index contributed by atoms with van der Waals surface area (Å²) < 4.78 is 2.07. The van der Waals surface area contributed by atoms with Gasteiger partial charge in [0.05, 0.1) is 22.8 Å². The van der Waals surface area contributed by atoms with Gasteiger partial charge in [0.15, 0.2) is 0 Å². The van der Waals surface area contributed by atoms with Crippen LogP contribution in [0.1, 0.15) is 47.3 Å². The Bertz CT molecular complexity index is 1050. The number of nitrogens with one attached hydrogen (secondary N) is 1. The Balaban J connectivity index is 1.80. The minimum atomic E-state index is -1.03. The molecule has 3 aromatic heterocycles. The smallest absolute Gasteiger partial charge is 0.221 e. The second-order valence-corrected chi connectivity index (χ2v) is 8.03. The normalized spacial score (nSPS) is 17.2. The van der Waals surface area contributed by atoms with E-state index in [1.807, 2.05) is 36.5 Å². The van der Waals surface area contributed by atoms with Crippen molar-refractivity contribution in [3.63, 3.8) is 0 Å². The molecule has 1 aliphatic rings. The molecule has 1 atom stereocenters. The second-order valence-electron chi connectivity index (χ2n) is 6.92. The van der Waals surface area contributed by atoms with Crippen LogP contribution >= 0.6 is 11.3 Å². The number of aromatic nitrogens is 2. The predicted octanol–water partition coefficient (Wildman–Crippen LogP) is 2.67.